The Bertz CT molecular complexity index is 298. The molecule has 1 heterocycles. The van der Waals surface area contributed by atoms with Crippen molar-refractivity contribution in [3.8, 4) is 0 Å². The van der Waals surface area contributed by atoms with Crippen LogP contribution in [-0.4, -0.2) is 36.1 Å². The zero-order chi connectivity index (χ0) is 12.0. The molecule has 0 fully saturated rings. The minimum atomic E-state index is 0.550. The van der Waals surface area contributed by atoms with Crippen molar-refractivity contribution >= 4 is 11.3 Å². The van der Waals surface area contributed by atoms with Gasteiger partial charge in [0.15, 0.2) is 0 Å². The molecule has 0 aliphatic heterocycles. The zero-order valence-electron chi connectivity index (χ0n) is 10.8. The minimum Gasteiger partial charge on any atom is -0.315 e. The molecule has 0 radical (unpaired) electrons. The molecule has 0 amide bonds. The molecule has 1 N–H and O–H groups in total. The highest BCUT2D eigenvalue weighted by atomic mass is 32.1. The van der Waals surface area contributed by atoms with Gasteiger partial charge in [-0.3, -0.25) is 4.90 Å². The van der Waals surface area contributed by atoms with Crippen LogP contribution in [0.3, 0.4) is 0 Å². The van der Waals surface area contributed by atoms with E-state index in [1.54, 1.807) is 11.3 Å². The predicted octanol–water partition coefficient (Wildman–Crippen LogP) is 2.27. The summed E-state index contributed by atoms with van der Waals surface area (Å²) >= 11 is 1.73. The molecule has 0 spiro atoms. The molecule has 4 heteroatoms. The first-order valence-electron chi connectivity index (χ1n) is 5.95. The fraction of sp³-hybridized carbons (Fsp3) is 0.750. The average molecular weight is 241 g/mol. The lowest BCUT2D eigenvalue weighted by Gasteiger charge is -2.24. The van der Waals surface area contributed by atoms with Gasteiger partial charge in [0.05, 0.1) is 10.7 Å². The Hall–Kier alpha value is -0.450. The molecule has 0 aliphatic carbocycles. The zero-order valence-corrected chi connectivity index (χ0v) is 11.6. The van der Waals surface area contributed by atoms with Crippen molar-refractivity contribution in [2.75, 3.05) is 20.1 Å². The van der Waals surface area contributed by atoms with Gasteiger partial charge in [-0.05, 0) is 33.9 Å². The Labute approximate surface area is 103 Å². The van der Waals surface area contributed by atoms with Crippen LogP contribution in [0, 0.1) is 6.92 Å². The van der Waals surface area contributed by atoms with Crippen LogP contribution < -0.4 is 5.32 Å². The largest absolute Gasteiger partial charge is 0.315 e. The van der Waals surface area contributed by atoms with Crippen molar-refractivity contribution in [1.82, 2.24) is 15.2 Å². The number of nitrogens with zero attached hydrogens (tertiary/aromatic N) is 2. The molecule has 16 heavy (non-hydrogen) atoms. The van der Waals surface area contributed by atoms with Gasteiger partial charge in [0.1, 0.15) is 0 Å². The van der Waals surface area contributed by atoms with Gasteiger partial charge in [0.25, 0.3) is 0 Å². The van der Waals surface area contributed by atoms with Crippen molar-refractivity contribution < 1.29 is 0 Å². The number of nitrogens with one attached hydrogen (secondary N) is 1. The second kappa shape index (κ2) is 6.99. The van der Waals surface area contributed by atoms with Crippen LogP contribution in [0.15, 0.2) is 5.38 Å². The maximum atomic E-state index is 4.49. The van der Waals surface area contributed by atoms with Gasteiger partial charge >= 0.3 is 0 Å². The van der Waals surface area contributed by atoms with Gasteiger partial charge in [0, 0.05) is 24.5 Å². The van der Waals surface area contributed by atoms with E-state index in [2.05, 4.69) is 48.4 Å². The third kappa shape index (κ3) is 4.60. The second-order valence-corrected chi connectivity index (χ2v) is 5.39. The summed E-state index contributed by atoms with van der Waals surface area (Å²) in [5.41, 5.74) is 1.19. The van der Waals surface area contributed by atoms with Crippen LogP contribution in [0.1, 0.15) is 31.0 Å². The van der Waals surface area contributed by atoms with Crippen LogP contribution in [0.5, 0.6) is 0 Å². The van der Waals surface area contributed by atoms with E-state index in [-0.39, 0.29) is 0 Å². The molecule has 92 valence electrons. The Morgan fingerprint density at radius 2 is 2.31 bits per heavy atom. The van der Waals surface area contributed by atoms with E-state index in [1.807, 2.05) is 0 Å². The highest BCUT2D eigenvalue weighted by Gasteiger charge is 2.10. The summed E-state index contributed by atoms with van der Waals surface area (Å²) in [6.45, 7) is 9.60. The Morgan fingerprint density at radius 1 is 1.56 bits per heavy atom. The summed E-state index contributed by atoms with van der Waals surface area (Å²) in [7, 11) is 2.16. The van der Waals surface area contributed by atoms with Gasteiger partial charge in [0.2, 0.25) is 0 Å². The number of rotatable bonds is 7. The SMILES string of the molecule is CCCNCC(C)N(C)Cc1csc(C)n1. The van der Waals surface area contributed by atoms with Crippen LogP contribution in [0.2, 0.25) is 0 Å². The number of thiazole rings is 1. The molecular weight excluding hydrogens is 218 g/mol. The van der Waals surface area contributed by atoms with Crippen LogP contribution in [-0.2, 0) is 6.54 Å². The van der Waals surface area contributed by atoms with E-state index < -0.39 is 0 Å². The van der Waals surface area contributed by atoms with Crippen LogP contribution in [0.4, 0.5) is 0 Å². The Kier molecular flexibility index (Phi) is 5.95. The second-order valence-electron chi connectivity index (χ2n) is 4.33. The fourth-order valence-electron chi connectivity index (χ4n) is 1.54. The number of likely N-dealkylation sites (N-methyl/N-ethyl adjacent to an activating group) is 1. The van der Waals surface area contributed by atoms with E-state index in [0.717, 1.165) is 24.6 Å². The molecule has 1 aromatic heterocycles. The molecule has 0 bridgehead atoms. The molecule has 3 nitrogen and oxygen atoms in total. The smallest absolute Gasteiger partial charge is 0.0897 e. The first-order valence-corrected chi connectivity index (χ1v) is 6.83. The van der Waals surface area contributed by atoms with Gasteiger partial charge < -0.3 is 5.32 Å². The lowest BCUT2D eigenvalue weighted by molar-refractivity contribution is 0.241. The van der Waals surface area contributed by atoms with Crippen LogP contribution in [0.25, 0.3) is 0 Å². The van der Waals surface area contributed by atoms with Crippen molar-refractivity contribution in [3.05, 3.63) is 16.1 Å². The van der Waals surface area contributed by atoms with E-state index in [0.29, 0.717) is 6.04 Å². The molecule has 0 aliphatic rings. The molecule has 0 saturated heterocycles. The molecule has 1 rings (SSSR count). The number of aryl methyl sites for hydroxylation is 1. The normalized spacial score (nSPS) is 13.3. The number of hydrogen-bond donors (Lipinski definition) is 1. The fourth-order valence-corrected chi connectivity index (χ4v) is 2.14. The van der Waals surface area contributed by atoms with Crippen molar-refractivity contribution in [1.29, 1.82) is 0 Å². The number of aromatic nitrogens is 1. The highest BCUT2D eigenvalue weighted by Crippen LogP contribution is 2.10. The molecule has 1 aromatic rings. The Morgan fingerprint density at radius 3 is 2.88 bits per heavy atom. The molecular formula is C12H23N3S. The van der Waals surface area contributed by atoms with Gasteiger partial charge in [-0.1, -0.05) is 6.92 Å². The van der Waals surface area contributed by atoms with Crippen molar-refractivity contribution in [2.45, 2.75) is 39.8 Å². The molecule has 1 atom stereocenters. The minimum absolute atomic E-state index is 0.550. The van der Waals surface area contributed by atoms with Gasteiger partial charge in [-0.15, -0.1) is 11.3 Å². The summed E-state index contributed by atoms with van der Waals surface area (Å²) in [5.74, 6) is 0. The summed E-state index contributed by atoms with van der Waals surface area (Å²) in [5, 5.41) is 6.75. The lowest BCUT2D eigenvalue weighted by Crippen LogP contribution is -2.37. The monoisotopic (exact) mass is 241 g/mol. The number of hydrogen-bond acceptors (Lipinski definition) is 4. The van der Waals surface area contributed by atoms with Crippen LogP contribution >= 0.6 is 11.3 Å². The van der Waals surface area contributed by atoms with Gasteiger partial charge in [-0.25, -0.2) is 4.98 Å². The summed E-state index contributed by atoms with van der Waals surface area (Å²) < 4.78 is 0. The topological polar surface area (TPSA) is 28.2 Å². The molecule has 0 saturated carbocycles. The first-order chi connectivity index (χ1) is 7.63. The summed E-state index contributed by atoms with van der Waals surface area (Å²) in [6.07, 6.45) is 1.20. The van der Waals surface area contributed by atoms with E-state index >= 15 is 0 Å². The predicted molar refractivity (Wildman–Crippen MR) is 70.9 cm³/mol. The average Bonchev–Trinajstić information content (AvgIpc) is 2.64. The molecule has 1 unspecified atom stereocenters. The van der Waals surface area contributed by atoms with E-state index in [1.165, 1.54) is 12.1 Å². The third-order valence-electron chi connectivity index (χ3n) is 2.70. The van der Waals surface area contributed by atoms with E-state index in [9.17, 15) is 0 Å². The third-order valence-corrected chi connectivity index (χ3v) is 3.52. The highest BCUT2D eigenvalue weighted by molar-refractivity contribution is 7.09. The standard InChI is InChI=1S/C12H23N3S/c1-5-6-13-7-10(2)15(4)8-12-9-16-11(3)14-12/h9-10,13H,5-8H2,1-4H3. The maximum absolute atomic E-state index is 4.49. The summed E-state index contributed by atoms with van der Waals surface area (Å²) in [6, 6.07) is 0.550. The van der Waals surface area contributed by atoms with E-state index in [4.69, 9.17) is 0 Å². The summed E-state index contributed by atoms with van der Waals surface area (Å²) in [4.78, 5) is 6.83. The first kappa shape index (κ1) is 13.6. The Balaban J connectivity index is 2.30. The van der Waals surface area contributed by atoms with Crippen molar-refractivity contribution in [2.24, 2.45) is 0 Å². The molecule has 0 aromatic carbocycles. The van der Waals surface area contributed by atoms with Crippen molar-refractivity contribution in [3.63, 3.8) is 0 Å². The maximum Gasteiger partial charge on any atom is 0.0897 e. The quantitative estimate of drug-likeness (QED) is 0.742. The van der Waals surface area contributed by atoms with Gasteiger partial charge in [-0.2, -0.15) is 0 Å². The lowest BCUT2D eigenvalue weighted by atomic mass is 10.2.